The molecule has 2 aliphatic heterocycles. The molecule has 2 aromatic carbocycles. The first-order chi connectivity index (χ1) is 17.6. The van der Waals surface area contributed by atoms with Crippen molar-refractivity contribution in [1.29, 1.82) is 0 Å². The van der Waals surface area contributed by atoms with E-state index in [2.05, 4.69) is 37.7 Å². The van der Waals surface area contributed by atoms with Crippen LogP contribution in [0.3, 0.4) is 0 Å². The quantitative estimate of drug-likeness (QED) is 0.326. The van der Waals surface area contributed by atoms with E-state index in [0.29, 0.717) is 11.5 Å². The van der Waals surface area contributed by atoms with Crippen LogP contribution in [0.2, 0.25) is 0 Å². The van der Waals surface area contributed by atoms with Crippen LogP contribution in [0.1, 0.15) is 11.1 Å². The molecule has 0 spiro atoms. The highest BCUT2D eigenvalue weighted by Gasteiger charge is 2.33. The minimum absolute atomic E-state index is 0.112. The Morgan fingerprint density at radius 2 is 2.08 bits per heavy atom. The summed E-state index contributed by atoms with van der Waals surface area (Å²) in [6, 6.07) is 11.7. The Balaban J connectivity index is 1.50. The number of rotatable bonds is 7. The Labute approximate surface area is 209 Å². The molecule has 0 radical (unpaired) electrons. The fourth-order valence-electron chi connectivity index (χ4n) is 4.55. The number of carbonyl (C=O) groups is 1. The van der Waals surface area contributed by atoms with Crippen molar-refractivity contribution in [3.8, 4) is 0 Å². The summed E-state index contributed by atoms with van der Waals surface area (Å²) >= 11 is 0. The number of dihydropyridines is 1. The number of amides is 1. The number of nitrogens with zero attached hydrogens (tertiary/aromatic N) is 3. The molecule has 1 aromatic heterocycles. The molecule has 0 bridgehead atoms. The van der Waals surface area contributed by atoms with Crippen LogP contribution in [0.25, 0.3) is 10.9 Å². The van der Waals surface area contributed by atoms with Crippen molar-refractivity contribution >= 4 is 34.1 Å². The number of benzene rings is 2. The number of anilines is 3. The van der Waals surface area contributed by atoms with Crippen molar-refractivity contribution in [1.82, 2.24) is 25.9 Å². The molecule has 184 valence electrons. The molecule has 5 N–H and O–H groups in total. The lowest BCUT2D eigenvalue weighted by Crippen LogP contribution is -2.53. The van der Waals surface area contributed by atoms with E-state index in [4.69, 9.17) is 4.98 Å². The second-order valence-electron chi connectivity index (χ2n) is 8.66. The summed E-state index contributed by atoms with van der Waals surface area (Å²) in [6.07, 6.45) is 10.3. The maximum absolute atomic E-state index is 12.3. The molecular weight excluding hydrogens is 454 g/mol. The topological polar surface area (TPSA) is 114 Å². The molecule has 36 heavy (non-hydrogen) atoms. The fraction of sp³-hybridized carbons (Fsp3) is 0.222. The van der Waals surface area contributed by atoms with Gasteiger partial charge in [0.15, 0.2) is 5.66 Å². The normalized spacial score (nSPS) is 19.1. The summed E-state index contributed by atoms with van der Waals surface area (Å²) in [6.45, 7) is 7.20. The zero-order valence-corrected chi connectivity index (χ0v) is 19.9. The van der Waals surface area contributed by atoms with Crippen LogP contribution in [0.4, 0.5) is 17.3 Å². The average molecular weight is 484 g/mol. The van der Waals surface area contributed by atoms with Gasteiger partial charge in [0.2, 0.25) is 11.9 Å². The Kier molecular flexibility index (Phi) is 6.66. The van der Waals surface area contributed by atoms with Crippen molar-refractivity contribution in [2.75, 3.05) is 36.4 Å². The highest BCUT2D eigenvalue weighted by molar-refractivity contribution is 5.90. The van der Waals surface area contributed by atoms with Crippen molar-refractivity contribution in [2.24, 2.45) is 0 Å². The molecule has 2 aliphatic rings. The lowest BCUT2D eigenvalue weighted by atomic mass is 9.94. The first kappa shape index (κ1) is 23.5. The third kappa shape index (κ3) is 4.66. The van der Waals surface area contributed by atoms with E-state index >= 15 is 0 Å². The Hall–Kier alpha value is -4.21. The van der Waals surface area contributed by atoms with Crippen molar-refractivity contribution in [3.63, 3.8) is 0 Å². The number of piperazine rings is 1. The molecule has 1 atom stereocenters. The molecule has 1 amide bonds. The minimum Gasteiger partial charge on any atom is -0.392 e. The summed E-state index contributed by atoms with van der Waals surface area (Å²) < 4.78 is 0. The number of aromatic nitrogens is 2. The van der Waals surface area contributed by atoms with E-state index in [1.54, 1.807) is 12.4 Å². The van der Waals surface area contributed by atoms with Gasteiger partial charge < -0.3 is 31.3 Å². The number of nitrogens with one attached hydrogen (secondary N) is 4. The maximum atomic E-state index is 12.3. The summed E-state index contributed by atoms with van der Waals surface area (Å²) in [7, 11) is 0. The standard InChI is InChI=1S/C27H29N7O2/c1-2-24(36)33-27(10-3-4-11-30-27)22-7-5-6-19-17-29-26(32-25(19)22)31-23-9-8-21(16-20(23)18-35)34-14-12-28-13-15-34/h2-11,16-17,28,30,35H,1,12-15,18H2,(H,33,36)(H,29,31,32). The molecule has 1 fully saturated rings. The molecule has 1 unspecified atom stereocenters. The number of aliphatic hydroxyl groups excluding tert-OH is 1. The van der Waals surface area contributed by atoms with Gasteiger partial charge >= 0.3 is 0 Å². The summed E-state index contributed by atoms with van der Waals surface area (Å²) in [5.74, 6) is 0.0733. The van der Waals surface area contributed by atoms with Crippen LogP contribution in [0.5, 0.6) is 0 Å². The van der Waals surface area contributed by atoms with Crippen LogP contribution in [-0.2, 0) is 17.1 Å². The number of hydrogen-bond donors (Lipinski definition) is 5. The van der Waals surface area contributed by atoms with Crippen LogP contribution in [-0.4, -0.2) is 47.2 Å². The Morgan fingerprint density at radius 3 is 2.83 bits per heavy atom. The monoisotopic (exact) mass is 483 g/mol. The van der Waals surface area contributed by atoms with Gasteiger partial charge in [-0.1, -0.05) is 30.9 Å². The van der Waals surface area contributed by atoms with Gasteiger partial charge in [-0.05, 0) is 42.6 Å². The van der Waals surface area contributed by atoms with Crippen molar-refractivity contribution in [2.45, 2.75) is 12.3 Å². The third-order valence-electron chi connectivity index (χ3n) is 6.39. The van der Waals surface area contributed by atoms with Crippen molar-refractivity contribution in [3.05, 3.63) is 90.8 Å². The van der Waals surface area contributed by atoms with Crippen LogP contribution in [0.15, 0.2) is 79.7 Å². The third-order valence-corrected chi connectivity index (χ3v) is 6.39. The zero-order valence-electron chi connectivity index (χ0n) is 19.9. The van der Waals surface area contributed by atoms with Crippen LogP contribution >= 0.6 is 0 Å². The van der Waals surface area contributed by atoms with Gasteiger partial charge in [0.1, 0.15) is 0 Å². The average Bonchev–Trinajstić information content (AvgIpc) is 2.93. The van der Waals surface area contributed by atoms with Gasteiger partial charge in [-0.2, -0.15) is 0 Å². The molecule has 5 rings (SSSR count). The highest BCUT2D eigenvalue weighted by Crippen LogP contribution is 2.31. The molecule has 1 saturated heterocycles. The van der Waals surface area contributed by atoms with E-state index in [-0.39, 0.29) is 12.5 Å². The van der Waals surface area contributed by atoms with E-state index < -0.39 is 5.66 Å². The van der Waals surface area contributed by atoms with E-state index in [1.165, 1.54) is 6.08 Å². The molecule has 9 heteroatoms. The first-order valence-electron chi connectivity index (χ1n) is 11.9. The summed E-state index contributed by atoms with van der Waals surface area (Å²) in [4.78, 5) is 23.9. The smallest absolute Gasteiger partial charge is 0.245 e. The zero-order chi connectivity index (χ0) is 25.0. The van der Waals surface area contributed by atoms with Gasteiger partial charge in [0, 0.05) is 60.3 Å². The highest BCUT2D eigenvalue weighted by atomic mass is 16.3. The lowest BCUT2D eigenvalue weighted by Gasteiger charge is -2.34. The number of fused-ring (bicyclic) bond motifs is 1. The summed E-state index contributed by atoms with van der Waals surface area (Å²) in [5, 5.41) is 23.8. The molecule has 0 aliphatic carbocycles. The largest absolute Gasteiger partial charge is 0.392 e. The van der Waals surface area contributed by atoms with Crippen molar-refractivity contribution < 1.29 is 9.90 Å². The number of hydrogen-bond acceptors (Lipinski definition) is 8. The predicted molar refractivity (Wildman–Crippen MR) is 142 cm³/mol. The van der Waals surface area contributed by atoms with Gasteiger partial charge in [0.05, 0.1) is 12.1 Å². The number of carbonyl (C=O) groups excluding carboxylic acids is 1. The minimum atomic E-state index is -0.994. The van der Waals surface area contributed by atoms with E-state index in [9.17, 15) is 9.90 Å². The number of allylic oxidation sites excluding steroid dienone is 2. The second-order valence-corrected chi connectivity index (χ2v) is 8.66. The second kappa shape index (κ2) is 10.2. The molecule has 3 heterocycles. The lowest BCUT2D eigenvalue weighted by molar-refractivity contribution is -0.118. The predicted octanol–water partition coefficient (Wildman–Crippen LogP) is 2.40. The number of aliphatic hydroxyl groups is 1. The van der Waals surface area contributed by atoms with Crippen LogP contribution < -0.4 is 26.2 Å². The van der Waals surface area contributed by atoms with Gasteiger partial charge in [-0.3, -0.25) is 4.79 Å². The van der Waals surface area contributed by atoms with Gasteiger partial charge in [-0.25, -0.2) is 9.97 Å². The maximum Gasteiger partial charge on any atom is 0.245 e. The molecule has 3 aromatic rings. The van der Waals surface area contributed by atoms with E-state index in [0.717, 1.165) is 54.1 Å². The summed E-state index contributed by atoms with van der Waals surface area (Å²) in [5.41, 5.74) is 3.02. The molecular formula is C27H29N7O2. The molecule has 0 saturated carbocycles. The Morgan fingerprint density at radius 1 is 1.22 bits per heavy atom. The number of para-hydroxylation sites is 1. The van der Waals surface area contributed by atoms with Gasteiger partial charge in [-0.15, -0.1) is 0 Å². The van der Waals surface area contributed by atoms with Gasteiger partial charge in [0.25, 0.3) is 0 Å². The Bertz CT molecular complexity index is 1350. The first-order valence-corrected chi connectivity index (χ1v) is 11.9. The molecule has 9 nitrogen and oxygen atoms in total. The van der Waals surface area contributed by atoms with Crippen LogP contribution in [0, 0.1) is 0 Å². The SMILES string of the molecule is C=CC(=O)NC1(c2cccc3cnc(Nc4ccc(N5CCNCC5)cc4CO)nc23)C=CC=CN1. The van der Waals surface area contributed by atoms with E-state index in [1.807, 2.05) is 54.6 Å². The fourth-order valence-corrected chi connectivity index (χ4v) is 4.55.